The van der Waals surface area contributed by atoms with Crippen molar-refractivity contribution in [2.45, 2.75) is 37.6 Å². The number of aliphatic hydroxyl groups is 2. The number of rotatable bonds is 6. The number of hydrogen-bond acceptors (Lipinski definition) is 5. The van der Waals surface area contributed by atoms with Crippen LogP contribution in [-0.4, -0.2) is 53.5 Å². The Bertz CT molecular complexity index is 935. The fraction of sp³-hybridized carbons (Fsp3) is 0.400. The van der Waals surface area contributed by atoms with E-state index in [4.69, 9.17) is 4.74 Å². The van der Waals surface area contributed by atoms with Gasteiger partial charge in [0.1, 0.15) is 0 Å². The number of sulfonamides is 1. The van der Waals surface area contributed by atoms with Gasteiger partial charge in [-0.3, -0.25) is 0 Å². The molecule has 6 nitrogen and oxygen atoms in total. The van der Waals surface area contributed by atoms with Gasteiger partial charge in [0.05, 0.1) is 42.8 Å². The maximum Gasteiger partial charge on any atom is 0.416 e. The first kappa shape index (κ1) is 22.7. The normalized spacial score (nSPS) is 24.6. The number of halogens is 3. The van der Waals surface area contributed by atoms with Gasteiger partial charge in [0.15, 0.2) is 0 Å². The zero-order chi connectivity index (χ0) is 21.9. The van der Waals surface area contributed by atoms with Gasteiger partial charge in [-0.1, -0.05) is 42.5 Å². The van der Waals surface area contributed by atoms with E-state index in [0.29, 0.717) is 5.56 Å². The van der Waals surface area contributed by atoms with Crippen LogP contribution in [-0.2, 0) is 34.1 Å². The van der Waals surface area contributed by atoms with Crippen molar-refractivity contribution in [1.29, 1.82) is 0 Å². The molecule has 1 fully saturated rings. The number of nitrogens with zero attached hydrogens (tertiary/aromatic N) is 1. The van der Waals surface area contributed by atoms with Gasteiger partial charge < -0.3 is 14.9 Å². The van der Waals surface area contributed by atoms with Gasteiger partial charge in [0, 0.05) is 6.54 Å². The lowest BCUT2D eigenvalue weighted by molar-refractivity contribution is -0.137. The van der Waals surface area contributed by atoms with Crippen molar-refractivity contribution in [2.75, 3.05) is 12.4 Å². The summed E-state index contributed by atoms with van der Waals surface area (Å²) in [7, 11) is -3.97. The number of ether oxygens (including phenoxy) is 1. The molecule has 164 valence electrons. The molecule has 0 spiro atoms. The van der Waals surface area contributed by atoms with Crippen molar-refractivity contribution in [3.05, 3.63) is 71.3 Å². The van der Waals surface area contributed by atoms with Crippen LogP contribution in [0.15, 0.2) is 54.6 Å². The van der Waals surface area contributed by atoms with E-state index in [1.54, 1.807) is 0 Å². The van der Waals surface area contributed by atoms with E-state index in [0.717, 1.165) is 22.0 Å². The Balaban J connectivity index is 1.76. The lowest BCUT2D eigenvalue weighted by Crippen LogP contribution is -2.60. The Morgan fingerprint density at radius 1 is 1.00 bits per heavy atom. The fourth-order valence-corrected chi connectivity index (χ4v) is 5.06. The van der Waals surface area contributed by atoms with Gasteiger partial charge >= 0.3 is 6.18 Å². The Morgan fingerprint density at radius 3 is 2.23 bits per heavy atom. The van der Waals surface area contributed by atoms with Gasteiger partial charge in [-0.15, -0.1) is 0 Å². The Morgan fingerprint density at radius 2 is 1.63 bits per heavy atom. The summed E-state index contributed by atoms with van der Waals surface area (Å²) in [4.78, 5) is 0. The summed E-state index contributed by atoms with van der Waals surface area (Å²) < 4.78 is 70.1. The molecule has 0 saturated carbocycles. The second kappa shape index (κ2) is 9.03. The van der Waals surface area contributed by atoms with Crippen LogP contribution in [0.5, 0.6) is 0 Å². The van der Waals surface area contributed by atoms with Crippen molar-refractivity contribution >= 4 is 10.0 Å². The first-order valence-electron chi connectivity index (χ1n) is 9.21. The molecule has 10 heteroatoms. The molecular formula is C20H22F3NO5S. The minimum absolute atomic E-state index is 0.175. The van der Waals surface area contributed by atoms with E-state index in [-0.39, 0.29) is 19.8 Å². The Labute approximate surface area is 172 Å². The van der Waals surface area contributed by atoms with Gasteiger partial charge in [-0.25, -0.2) is 8.42 Å². The first-order chi connectivity index (χ1) is 14.1. The predicted molar refractivity (Wildman–Crippen MR) is 103 cm³/mol. The standard InChI is InChI=1S/C20H22F3NO5S/c21-20(22,23)16-8-6-14(7-9-16)10-24-17(19(26)18(25)13-30(24,27)28)12-29-11-15-4-2-1-3-5-15/h1-9,17-19,25-26H,10-13H2/t17-,18-,19-/m1/s1. The van der Waals surface area contributed by atoms with Crippen LogP contribution in [0, 0.1) is 0 Å². The van der Waals surface area contributed by atoms with Crippen LogP contribution in [0.4, 0.5) is 13.2 Å². The van der Waals surface area contributed by atoms with Crippen molar-refractivity contribution in [3.63, 3.8) is 0 Å². The number of benzene rings is 2. The summed E-state index contributed by atoms with van der Waals surface area (Å²) in [6.45, 7) is -0.259. The molecule has 30 heavy (non-hydrogen) atoms. The number of aliphatic hydroxyl groups excluding tert-OH is 2. The van der Waals surface area contributed by atoms with Gasteiger partial charge in [0.25, 0.3) is 0 Å². The number of alkyl halides is 3. The van der Waals surface area contributed by atoms with Crippen molar-refractivity contribution < 1.29 is 36.5 Å². The predicted octanol–water partition coefficient (Wildman–Crippen LogP) is 2.16. The largest absolute Gasteiger partial charge is 0.416 e. The van der Waals surface area contributed by atoms with Gasteiger partial charge in [-0.2, -0.15) is 17.5 Å². The lowest BCUT2D eigenvalue weighted by Gasteiger charge is -2.40. The third-order valence-electron chi connectivity index (χ3n) is 4.92. The molecule has 0 aliphatic carbocycles. The smallest absolute Gasteiger partial charge is 0.389 e. The molecule has 1 saturated heterocycles. The summed E-state index contributed by atoms with van der Waals surface area (Å²) in [5.74, 6) is -0.677. The quantitative estimate of drug-likeness (QED) is 0.712. The fourth-order valence-electron chi connectivity index (χ4n) is 3.29. The topological polar surface area (TPSA) is 87.1 Å². The van der Waals surface area contributed by atoms with Crippen LogP contribution in [0.3, 0.4) is 0 Å². The molecular weight excluding hydrogens is 423 g/mol. The molecule has 3 rings (SSSR count). The van der Waals surface area contributed by atoms with Crippen LogP contribution < -0.4 is 0 Å². The summed E-state index contributed by atoms with van der Waals surface area (Å²) in [5.41, 5.74) is 0.328. The van der Waals surface area contributed by atoms with E-state index in [2.05, 4.69) is 0 Å². The molecule has 1 aliphatic rings. The van der Waals surface area contributed by atoms with E-state index in [1.165, 1.54) is 12.1 Å². The molecule has 0 bridgehead atoms. The molecule has 0 unspecified atom stereocenters. The van der Waals surface area contributed by atoms with E-state index >= 15 is 0 Å². The van der Waals surface area contributed by atoms with Crippen LogP contribution in [0.25, 0.3) is 0 Å². The summed E-state index contributed by atoms with van der Waals surface area (Å²) in [6, 6.07) is 12.2. The molecule has 2 aromatic rings. The maximum absolute atomic E-state index is 12.8. The Kier molecular flexibility index (Phi) is 6.83. The maximum atomic E-state index is 12.8. The molecule has 1 aliphatic heterocycles. The minimum Gasteiger partial charge on any atom is -0.389 e. The zero-order valence-electron chi connectivity index (χ0n) is 15.9. The Hall–Kier alpha value is -1.98. The van der Waals surface area contributed by atoms with Crippen molar-refractivity contribution in [2.24, 2.45) is 0 Å². The van der Waals surface area contributed by atoms with E-state index in [1.807, 2.05) is 30.3 Å². The molecule has 3 atom stereocenters. The highest BCUT2D eigenvalue weighted by Gasteiger charge is 2.45. The summed E-state index contributed by atoms with van der Waals surface area (Å²) in [6.07, 6.45) is -7.37. The average Bonchev–Trinajstić information content (AvgIpc) is 2.68. The second-order valence-electron chi connectivity index (χ2n) is 7.14. The van der Waals surface area contributed by atoms with E-state index < -0.39 is 45.8 Å². The van der Waals surface area contributed by atoms with E-state index in [9.17, 15) is 31.8 Å². The summed E-state index contributed by atoms with van der Waals surface area (Å²) in [5, 5.41) is 20.4. The van der Waals surface area contributed by atoms with Crippen molar-refractivity contribution in [1.82, 2.24) is 4.31 Å². The third-order valence-corrected chi connectivity index (χ3v) is 6.79. The SMILES string of the molecule is O=S1(=O)C[C@@H](O)[C@H](O)[C@@H](COCc2ccccc2)N1Cc1ccc(C(F)(F)F)cc1. The monoisotopic (exact) mass is 445 g/mol. The highest BCUT2D eigenvalue weighted by Crippen LogP contribution is 2.30. The van der Waals surface area contributed by atoms with Crippen molar-refractivity contribution in [3.8, 4) is 0 Å². The van der Waals surface area contributed by atoms with Gasteiger partial charge in [-0.05, 0) is 23.3 Å². The van der Waals surface area contributed by atoms with Crippen LogP contribution in [0.2, 0.25) is 0 Å². The third kappa shape index (κ3) is 5.38. The lowest BCUT2D eigenvalue weighted by atomic mass is 10.1. The minimum atomic E-state index is -4.50. The van der Waals surface area contributed by atoms with Crippen LogP contribution >= 0.6 is 0 Å². The molecule has 0 amide bonds. The number of hydrogen-bond donors (Lipinski definition) is 2. The zero-order valence-corrected chi connectivity index (χ0v) is 16.7. The summed E-state index contributed by atoms with van der Waals surface area (Å²) >= 11 is 0. The molecule has 1 heterocycles. The van der Waals surface area contributed by atoms with Crippen LogP contribution in [0.1, 0.15) is 16.7 Å². The van der Waals surface area contributed by atoms with Gasteiger partial charge in [0.2, 0.25) is 10.0 Å². The average molecular weight is 445 g/mol. The first-order valence-corrected chi connectivity index (χ1v) is 10.8. The second-order valence-corrected chi connectivity index (χ2v) is 9.11. The molecule has 0 radical (unpaired) electrons. The highest BCUT2D eigenvalue weighted by atomic mass is 32.2. The molecule has 2 aromatic carbocycles. The molecule has 2 N–H and O–H groups in total. The highest BCUT2D eigenvalue weighted by molar-refractivity contribution is 7.89. The molecule has 0 aromatic heterocycles.